The van der Waals surface area contributed by atoms with Gasteiger partial charge < -0.3 is 10.2 Å². The quantitative estimate of drug-likeness (QED) is 0.384. The van der Waals surface area contributed by atoms with Gasteiger partial charge in [-0.2, -0.15) is 26.3 Å². The third-order valence-electron chi connectivity index (χ3n) is 5.45. The van der Waals surface area contributed by atoms with E-state index in [0.717, 1.165) is 6.07 Å². The van der Waals surface area contributed by atoms with Crippen molar-refractivity contribution in [2.45, 2.75) is 58.0 Å². The molecule has 0 radical (unpaired) electrons. The van der Waals surface area contributed by atoms with Crippen molar-refractivity contribution >= 4 is 33.2 Å². The SMILES string of the molecule is CC(=O)N1c2cccc(C(F)(F)F)c2CC1C.CC1Cc2c(ccc(Br)c2C(F)(F)F)N1. The van der Waals surface area contributed by atoms with Gasteiger partial charge in [-0.15, -0.1) is 0 Å². The van der Waals surface area contributed by atoms with Crippen LogP contribution in [0.5, 0.6) is 0 Å². The van der Waals surface area contributed by atoms with Crippen LogP contribution in [0.15, 0.2) is 34.8 Å². The molecule has 0 bridgehead atoms. The number of benzene rings is 2. The largest absolute Gasteiger partial charge is 0.417 e. The van der Waals surface area contributed by atoms with E-state index in [1.165, 1.54) is 24.0 Å². The highest BCUT2D eigenvalue weighted by Crippen LogP contribution is 2.43. The minimum absolute atomic E-state index is 0.0652. The molecule has 1 N–H and O–H groups in total. The van der Waals surface area contributed by atoms with E-state index in [-0.39, 0.29) is 34.4 Å². The fourth-order valence-corrected chi connectivity index (χ4v) is 4.88. The lowest BCUT2D eigenvalue weighted by molar-refractivity contribution is -0.139. The van der Waals surface area contributed by atoms with E-state index in [0.29, 0.717) is 23.4 Å². The molecular formula is C22H21BrF6N2O. The number of halogens is 7. The molecule has 2 aromatic rings. The molecule has 0 spiro atoms. The van der Waals surface area contributed by atoms with E-state index < -0.39 is 23.5 Å². The Labute approximate surface area is 189 Å². The predicted molar refractivity (Wildman–Crippen MR) is 114 cm³/mol. The number of hydrogen-bond donors (Lipinski definition) is 1. The number of alkyl halides is 6. The molecule has 2 unspecified atom stereocenters. The first-order valence-electron chi connectivity index (χ1n) is 9.85. The molecule has 0 aromatic heterocycles. The maximum Gasteiger partial charge on any atom is 0.417 e. The van der Waals surface area contributed by atoms with Crippen molar-refractivity contribution < 1.29 is 31.1 Å². The van der Waals surface area contributed by atoms with E-state index in [4.69, 9.17) is 0 Å². The Bertz CT molecular complexity index is 1030. The highest BCUT2D eigenvalue weighted by molar-refractivity contribution is 9.10. The molecule has 4 rings (SSSR count). The second-order valence-electron chi connectivity index (χ2n) is 7.94. The summed E-state index contributed by atoms with van der Waals surface area (Å²) in [5.41, 5.74) is 0.396. The molecule has 0 saturated heterocycles. The molecule has 10 heteroatoms. The number of hydrogen-bond acceptors (Lipinski definition) is 2. The van der Waals surface area contributed by atoms with Gasteiger partial charge in [0.15, 0.2) is 0 Å². The standard InChI is InChI=1S/C12H12F3NO.C10H9BrF3N/c1-7-6-9-10(12(13,14)15)4-3-5-11(9)16(7)8(2)17;1-5-4-6-8(15-5)3-2-7(11)9(6)10(12,13)14/h3-5,7H,6H2,1-2H3;2-3,5,15H,4H2,1H3. The van der Waals surface area contributed by atoms with E-state index in [2.05, 4.69) is 21.2 Å². The van der Waals surface area contributed by atoms with Crippen molar-refractivity contribution in [3.8, 4) is 0 Å². The van der Waals surface area contributed by atoms with Crippen LogP contribution in [-0.2, 0) is 30.0 Å². The summed E-state index contributed by atoms with van der Waals surface area (Å²) in [5.74, 6) is -0.226. The molecule has 0 fully saturated rings. The molecule has 2 heterocycles. The molecule has 2 aliphatic heterocycles. The van der Waals surface area contributed by atoms with Gasteiger partial charge in [-0.3, -0.25) is 4.79 Å². The molecule has 1 amide bonds. The van der Waals surface area contributed by atoms with Crippen LogP contribution in [0.2, 0.25) is 0 Å². The Morgan fingerprint density at radius 1 is 1.00 bits per heavy atom. The van der Waals surface area contributed by atoms with Crippen LogP contribution >= 0.6 is 15.9 Å². The van der Waals surface area contributed by atoms with Crippen molar-refractivity contribution in [2.24, 2.45) is 0 Å². The Balaban J connectivity index is 0.000000182. The van der Waals surface area contributed by atoms with Crippen molar-refractivity contribution in [1.29, 1.82) is 0 Å². The van der Waals surface area contributed by atoms with Gasteiger partial charge in [0.1, 0.15) is 0 Å². The smallest absolute Gasteiger partial charge is 0.382 e. The molecule has 0 aliphatic carbocycles. The summed E-state index contributed by atoms with van der Waals surface area (Å²) in [6.45, 7) is 4.99. The van der Waals surface area contributed by atoms with Crippen molar-refractivity contribution in [3.63, 3.8) is 0 Å². The zero-order chi connectivity index (χ0) is 24.0. The van der Waals surface area contributed by atoms with Crippen molar-refractivity contribution in [3.05, 3.63) is 57.1 Å². The molecule has 2 atom stereocenters. The number of amides is 1. The normalized spacial score (nSPS) is 19.6. The zero-order valence-electron chi connectivity index (χ0n) is 17.5. The van der Waals surface area contributed by atoms with Crippen molar-refractivity contribution in [1.82, 2.24) is 0 Å². The highest BCUT2D eigenvalue weighted by Gasteiger charge is 2.40. The Morgan fingerprint density at radius 3 is 2.22 bits per heavy atom. The molecule has 2 aromatic carbocycles. The Morgan fingerprint density at radius 2 is 1.66 bits per heavy atom. The third kappa shape index (κ3) is 4.74. The first kappa shape index (κ1) is 24.4. The van der Waals surface area contributed by atoms with Gasteiger partial charge in [0.05, 0.1) is 11.1 Å². The van der Waals surface area contributed by atoms with E-state index in [1.54, 1.807) is 19.1 Å². The molecule has 2 aliphatic rings. The van der Waals surface area contributed by atoms with Crippen LogP contribution in [0.25, 0.3) is 0 Å². The number of nitrogens with zero attached hydrogens (tertiary/aromatic N) is 1. The maximum absolute atomic E-state index is 12.8. The highest BCUT2D eigenvalue weighted by atomic mass is 79.9. The topological polar surface area (TPSA) is 32.3 Å². The Kier molecular flexibility index (Phi) is 6.57. The van der Waals surface area contributed by atoms with E-state index in [9.17, 15) is 31.1 Å². The number of carbonyl (C=O) groups excluding carboxylic acids is 1. The van der Waals surface area contributed by atoms with Crippen LogP contribution < -0.4 is 10.2 Å². The molecular weight excluding hydrogens is 502 g/mol. The average Bonchev–Trinajstić information content (AvgIpc) is 3.17. The Hall–Kier alpha value is -2.23. The maximum atomic E-state index is 12.8. The summed E-state index contributed by atoms with van der Waals surface area (Å²) in [5, 5.41) is 3.02. The van der Waals surface area contributed by atoms with Crippen molar-refractivity contribution in [2.75, 3.05) is 10.2 Å². The lowest BCUT2D eigenvalue weighted by atomic mass is 10.0. The second-order valence-corrected chi connectivity index (χ2v) is 8.79. The van der Waals surface area contributed by atoms with Gasteiger partial charge >= 0.3 is 12.4 Å². The van der Waals surface area contributed by atoms with Gasteiger partial charge in [0.25, 0.3) is 0 Å². The van der Waals surface area contributed by atoms with E-state index in [1.807, 2.05) is 6.92 Å². The summed E-state index contributed by atoms with van der Waals surface area (Å²) >= 11 is 2.96. The number of carbonyl (C=O) groups is 1. The average molecular weight is 523 g/mol. The van der Waals surface area contributed by atoms with Crippen LogP contribution in [0.4, 0.5) is 37.7 Å². The van der Waals surface area contributed by atoms with Gasteiger partial charge in [-0.1, -0.05) is 22.0 Å². The predicted octanol–water partition coefficient (Wildman–Crippen LogP) is 6.83. The van der Waals surface area contributed by atoms with Crippen LogP contribution in [-0.4, -0.2) is 18.0 Å². The fourth-order valence-electron chi connectivity index (χ4n) is 4.28. The van der Waals surface area contributed by atoms with E-state index >= 15 is 0 Å². The van der Waals surface area contributed by atoms with Crippen LogP contribution in [0.1, 0.15) is 43.0 Å². The summed E-state index contributed by atoms with van der Waals surface area (Å²) in [6, 6.07) is 6.94. The first-order valence-corrected chi connectivity index (χ1v) is 10.6. The lowest BCUT2D eigenvalue weighted by Gasteiger charge is -2.20. The number of rotatable bonds is 0. The molecule has 32 heavy (non-hydrogen) atoms. The molecule has 174 valence electrons. The number of fused-ring (bicyclic) bond motifs is 2. The monoisotopic (exact) mass is 522 g/mol. The minimum atomic E-state index is -4.36. The first-order chi connectivity index (χ1) is 14.7. The van der Waals surface area contributed by atoms with Gasteiger partial charge in [0, 0.05) is 34.9 Å². The second kappa shape index (κ2) is 8.61. The minimum Gasteiger partial charge on any atom is -0.382 e. The summed E-state index contributed by atoms with van der Waals surface area (Å²) in [4.78, 5) is 12.8. The lowest BCUT2D eigenvalue weighted by Crippen LogP contribution is -2.33. The van der Waals surface area contributed by atoms with Gasteiger partial charge in [0.2, 0.25) is 5.91 Å². The van der Waals surface area contributed by atoms with Gasteiger partial charge in [-0.25, -0.2) is 0 Å². The number of nitrogens with one attached hydrogen (secondary N) is 1. The number of anilines is 2. The van der Waals surface area contributed by atoms with Gasteiger partial charge in [-0.05, 0) is 62.1 Å². The molecule has 3 nitrogen and oxygen atoms in total. The van der Waals surface area contributed by atoms with Crippen LogP contribution in [0, 0.1) is 0 Å². The van der Waals surface area contributed by atoms with Crippen LogP contribution in [0.3, 0.4) is 0 Å². The zero-order valence-corrected chi connectivity index (χ0v) is 19.0. The third-order valence-corrected chi connectivity index (χ3v) is 6.11. The summed E-state index contributed by atoms with van der Waals surface area (Å²) in [7, 11) is 0. The molecule has 0 saturated carbocycles. The summed E-state index contributed by atoms with van der Waals surface area (Å²) < 4.78 is 76.8. The fraction of sp³-hybridized carbons (Fsp3) is 0.409. The summed E-state index contributed by atoms with van der Waals surface area (Å²) in [6.07, 6.45) is -7.98.